The number of benzene rings is 2. The van der Waals surface area contributed by atoms with Crippen LogP contribution in [0, 0.1) is 13.8 Å². The second-order valence-corrected chi connectivity index (χ2v) is 8.21. The molecular formula is C25H32N2Ni. The fraction of sp³-hybridized carbons (Fsp3) is 0.360. The normalized spacial score (nSPS) is 13.5. The molecular weight excluding hydrogens is 387 g/mol. The molecule has 2 aromatic carbocycles. The molecule has 0 saturated carbocycles. The van der Waals surface area contributed by atoms with E-state index in [0.717, 1.165) is 35.4 Å². The first kappa shape index (κ1) is 22.3. The molecule has 0 bridgehead atoms. The monoisotopic (exact) mass is 418 g/mol. The van der Waals surface area contributed by atoms with Crippen LogP contribution in [-0.2, 0) is 14.4 Å². The second kappa shape index (κ2) is 11.1. The van der Waals surface area contributed by atoms with Gasteiger partial charge in [0.1, 0.15) is 0 Å². The molecule has 2 nitrogen and oxygen atoms in total. The standard InChI is InChI=1S/C23H26N2.2CH3.Ni/c1-4-5-6-7-21-16-22(19-12-8-17(2)9-13-19)25(24)23(21)20-14-10-18(3)11-15-20;;;/h8-16H,4-7H2,1-3H3;2*1H3;. The van der Waals surface area contributed by atoms with E-state index in [9.17, 15) is 5.53 Å². The number of rotatable bonds is 6. The maximum absolute atomic E-state index is 10.9. The first-order chi connectivity index (χ1) is 13.5. The summed E-state index contributed by atoms with van der Waals surface area (Å²) in [6.45, 7) is 6.38. The van der Waals surface area contributed by atoms with Gasteiger partial charge in [0.15, 0.2) is 0 Å². The van der Waals surface area contributed by atoms with Gasteiger partial charge in [0.2, 0.25) is 11.4 Å². The molecule has 0 fully saturated rings. The van der Waals surface area contributed by atoms with Crippen LogP contribution in [0.5, 0.6) is 0 Å². The number of hydrogen-bond acceptors (Lipinski definition) is 0. The number of hydrogen-bond donors (Lipinski definition) is 0. The van der Waals surface area contributed by atoms with Crippen molar-refractivity contribution in [1.29, 1.82) is 0 Å². The Balaban J connectivity index is 0.000000878. The van der Waals surface area contributed by atoms with Crippen molar-refractivity contribution < 1.29 is 19.1 Å². The summed E-state index contributed by atoms with van der Waals surface area (Å²) < 4.78 is 1.37. The third-order valence-corrected chi connectivity index (χ3v) is 4.78. The van der Waals surface area contributed by atoms with Crippen LogP contribution in [0.4, 0.5) is 0 Å². The van der Waals surface area contributed by atoms with Crippen molar-refractivity contribution in [3.8, 4) is 0 Å². The Morgan fingerprint density at radius 3 is 1.82 bits per heavy atom. The number of nitrogens with zero attached hydrogens (tertiary/aromatic N) is 2. The van der Waals surface area contributed by atoms with Gasteiger partial charge in [-0.2, -0.15) is 0 Å². The summed E-state index contributed by atoms with van der Waals surface area (Å²) in [5.74, 6) is 4.12. The van der Waals surface area contributed by atoms with Gasteiger partial charge >= 0.3 is 26.2 Å². The molecule has 0 saturated heterocycles. The van der Waals surface area contributed by atoms with Crippen LogP contribution in [0.15, 0.2) is 60.2 Å². The summed E-state index contributed by atoms with van der Waals surface area (Å²) in [7, 11) is 0. The summed E-state index contributed by atoms with van der Waals surface area (Å²) in [5, 5.41) is 0. The van der Waals surface area contributed by atoms with Gasteiger partial charge in [-0.05, 0) is 51.0 Å². The van der Waals surface area contributed by atoms with Crippen LogP contribution in [-0.4, -0.2) is 4.70 Å². The van der Waals surface area contributed by atoms with Gasteiger partial charge in [-0.25, -0.2) is 4.70 Å². The van der Waals surface area contributed by atoms with Crippen molar-refractivity contribution in [3.05, 3.63) is 88.0 Å². The van der Waals surface area contributed by atoms with Crippen LogP contribution in [0.1, 0.15) is 54.9 Å². The van der Waals surface area contributed by atoms with Crippen molar-refractivity contribution in [2.45, 2.75) is 58.2 Å². The number of aryl methyl sites for hydroxylation is 2. The maximum atomic E-state index is 10.9. The molecule has 1 heterocycles. The first-order valence-electron chi connectivity index (χ1n) is 9.81. The molecule has 2 aromatic rings. The van der Waals surface area contributed by atoms with E-state index in [-0.39, 0.29) is 0 Å². The third-order valence-electron chi connectivity index (χ3n) is 4.78. The average molecular weight is 419 g/mol. The Hall–Kier alpha value is -1.99. The molecule has 0 atom stereocenters. The third kappa shape index (κ3) is 5.75. The van der Waals surface area contributed by atoms with Crippen molar-refractivity contribution >= 4 is 11.4 Å². The van der Waals surface area contributed by atoms with E-state index in [0.29, 0.717) is 0 Å². The Labute approximate surface area is 176 Å². The van der Waals surface area contributed by atoms with Crippen molar-refractivity contribution in [3.63, 3.8) is 0 Å². The first-order valence-corrected chi connectivity index (χ1v) is 11.8. The molecule has 3 heteroatoms. The quantitative estimate of drug-likeness (QED) is 0.259. The zero-order valence-corrected chi connectivity index (χ0v) is 18.7. The van der Waals surface area contributed by atoms with E-state index in [1.807, 2.05) is 0 Å². The van der Waals surface area contributed by atoms with Gasteiger partial charge in [-0.3, -0.25) is 0 Å². The van der Waals surface area contributed by atoms with Crippen LogP contribution in [0.2, 0.25) is 11.8 Å². The average Bonchev–Trinajstić information content (AvgIpc) is 3.00. The molecule has 152 valence electrons. The Kier molecular flexibility index (Phi) is 8.86. The molecule has 0 aliphatic carbocycles. The summed E-state index contributed by atoms with van der Waals surface area (Å²) in [6.07, 6.45) is 6.69. The second-order valence-electron chi connectivity index (χ2n) is 7.22. The summed E-state index contributed by atoms with van der Waals surface area (Å²) >= 11 is 1.62. The van der Waals surface area contributed by atoms with Crippen LogP contribution in [0.3, 0.4) is 0 Å². The van der Waals surface area contributed by atoms with Crippen molar-refractivity contribution in [1.82, 2.24) is 0 Å². The molecule has 1 aliphatic rings. The SMILES string of the molecule is CCCCCC1=C(c2ccc(C)cc2)[N+](=[N-])C(c2ccc(C)cc2)=C1.[CH3][Ni][CH3]. The molecule has 28 heavy (non-hydrogen) atoms. The Morgan fingerprint density at radius 1 is 0.821 bits per heavy atom. The van der Waals surface area contributed by atoms with E-state index < -0.39 is 0 Å². The van der Waals surface area contributed by atoms with Crippen LogP contribution in [0.25, 0.3) is 16.9 Å². The molecule has 3 rings (SSSR count). The fourth-order valence-corrected chi connectivity index (χ4v) is 3.26. The number of allylic oxidation sites excluding steroid dienone is 2. The minimum atomic E-state index is 0.863. The molecule has 0 unspecified atom stereocenters. The molecule has 0 aromatic heterocycles. The van der Waals surface area contributed by atoms with E-state index in [2.05, 4.69) is 87.2 Å². The molecule has 0 radical (unpaired) electrons. The zero-order chi connectivity index (χ0) is 20.5. The molecule has 1 aliphatic heterocycles. The van der Waals surface area contributed by atoms with E-state index in [1.165, 1.54) is 34.2 Å². The Morgan fingerprint density at radius 2 is 1.32 bits per heavy atom. The van der Waals surface area contributed by atoms with Gasteiger partial charge < -0.3 is 5.53 Å². The van der Waals surface area contributed by atoms with Gasteiger partial charge in [0.25, 0.3) is 0 Å². The summed E-state index contributed by atoms with van der Waals surface area (Å²) in [5.41, 5.74) is 18.5. The molecule has 0 spiro atoms. The van der Waals surface area contributed by atoms with E-state index in [4.69, 9.17) is 0 Å². The molecule has 0 N–H and O–H groups in total. The van der Waals surface area contributed by atoms with Gasteiger partial charge in [-0.1, -0.05) is 55.2 Å². The van der Waals surface area contributed by atoms with Gasteiger partial charge in [0.05, 0.1) is 0 Å². The van der Waals surface area contributed by atoms with Gasteiger partial charge in [0, 0.05) is 22.8 Å². The summed E-state index contributed by atoms with van der Waals surface area (Å²) in [4.78, 5) is 0. The van der Waals surface area contributed by atoms with E-state index in [1.54, 1.807) is 14.4 Å². The summed E-state index contributed by atoms with van der Waals surface area (Å²) in [6, 6.07) is 16.7. The predicted molar refractivity (Wildman–Crippen MR) is 117 cm³/mol. The topological polar surface area (TPSA) is 25.3 Å². The van der Waals surface area contributed by atoms with Crippen LogP contribution >= 0.6 is 0 Å². The van der Waals surface area contributed by atoms with Crippen LogP contribution < -0.4 is 0 Å². The van der Waals surface area contributed by atoms with Gasteiger partial charge in [-0.15, -0.1) is 0 Å². The number of unbranched alkanes of at least 4 members (excludes halogenated alkanes) is 2. The van der Waals surface area contributed by atoms with Crippen molar-refractivity contribution in [2.75, 3.05) is 0 Å². The molecule has 0 amide bonds. The van der Waals surface area contributed by atoms with E-state index >= 15 is 0 Å². The fourth-order valence-electron chi connectivity index (χ4n) is 3.26. The predicted octanol–water partition coefficient (Wildman–Crippen LogP) is 7.85. The Bertz CT molecular complexity index is 843. The minimum absolute atomic E-state index is 0.863. The van der Waals surface area contributed by atoms with Crippen molar-refractivity contribution in [2.24, 2.45) is 0 Å². The zero-order valence-electron chi connectivity index (χ0n) is 17.7.